The molecule has 2 N–H and O–H groups in total. The number of pyridine rings is 1. The van der Waals surface area contributed by atoms with Crippen molar-refractivity contribution in [3.63, 3.8) is 0 Å². The molecule has 1 aromatic heterocycles. The molecule has 0 aliphatic carbocycles. The quantitative estimate of drug-likeness (QED) is 0.760. The predicted octanol–water partition coefficient (Wildman–Crippen LogP) is 2.73. The number of hydrogen-bond acceptors (Lipinski definition) is 3. The number of nitrogen functional groups attached to an aromatic ring is 1. The zero-order chi connectivity index (χ0) is 11.7. The Balaban J connectivity index is 1.88. The van der Waals surface area contributed by atoms with Gasteiger partial charge in [-0.3, -0.25) is 4.98 Å². The second-order valence-electron chi connectivity index (χ2n) is 4.27. The molecule has 1 aromatic carbocycles. The summed E-state index contributed by atoms with van der Waals surface area (Å²) in [6.45, 7) is 0. The van der Waals surface area contributed by atoms with Crippen molar-refractivity contribution >= 4 is 5.69 Å². The lowest BCUT2D eigenvalue weighted by Crippen LogP contribution is -2.16. The van der Waals surface area contributed by atoms with Crippen LogP contribution in [0.2, 0.25) is 0 Å². The number of benzene rings is 1. The second kappa shape index (κ2) is 4.09. The molecule has 2 aromatic rings. The molecular formula is C14H14N2O. The third-order valence-electron chi connectivity index (χ3n) is 3.05. The number of aromatic nitrogens is 1. The Kier molecular flexibility index (Phi) is 2.44. The Morgan fingerprint density at radius 1 is 1.24 bits per heavy atom. The molecular weight excluding hydrogens is 212 g/mol. The minimum atomic E-state index is 0.0623. The molecule has 1 atom stereocenters. The molecule has 3 nitrogen and oxygen atoms in total. The van der Waals surface area contributed by atoms with Gasteiger partial charge in [-0.1, -0.05) is 6.07 Å². The van der Waals surface area contributed by atoms with Gasteiger partial charge in [0.1, 0.15) is 11.9 Å². The standard InChI is InChI=1S/C14H14N2O/c15-11-5-7-13-10(9-11)4-6-14(17-13)12-3-1-2-8-16-12/h1-3,5,7-9,14H,4,6,15H2. The van der Waals surface area contributed by atoms with E-state index in [1.54, 1.807) is 6.20 Å². The van der Waals surface area contributed by atoms with E-state index in [1.807, 2.05) is 36.4 Å². The number of ether oxygens (including phenoxy) is 1. The fourth-order valence-corrected chi connectivity index (χ4v) is 2.18. The number of fused-ring (bicyclic) bond motifs is 1. The van der Waals surface area contributed by atoms with Crippen molar-refractivity contribution in [2.45, 2.75) is 18.9 Å². The van der Waals surface area contributed by atoms with Crippen molar-refractivity contribution in [1.82, 2.24) is 4.98 Å². The van der Waals surface area contributed by atoms with Crippen LogP contribution in [-0.4, -0.2) is 4.98 Å². The Morgan fingerprint density at radius 3 is 3.00 bits per heavy atom. The van der Waals surface area contributed by atoms with E-state index in [4.69, 9.17) is 10.5 Å². The molecule has 1 aliphatic rings. The number of nitrogens with two attached hydrogens (primary N) is 1. The molecule has 1 aliphatic heterocycles. The summed E-state index contributed by atoms with van der Waals surface area (Å²) in [5.41, 5.74) is 8.74. The number of hydrogen-bond donors (Lipinski definition) is 1. The minimum absolute atomic E-state index is 0.0623. The number of rotatable bonds is 1. The Morgan fingerprint density at radius 2 is 2.18 bits per heavy atom. The first-order valence-electron chi connectivity index (χ1n) is 5.79. The lowest BCUT2D eigenvalue weighted by atomic mass is 10.00. The first-order valence-corrected chi connectivity index (χ1v) is 5.79. The molecule has 0 saturated carbocycles. The van der Waals surface area contributed by atoms with Crippen LogP contribution in [0.3, 0.4) is 0 Å². The zero-order valence-corrected chi connectivity index (χ0v) is 9.47. The fourth-order valence-electron chi connectivity index (χ4n) is 2.18. The molecule has 1 unspecified atom stereocenters. The Labute approximate surface area is 100 Å². The van der Waals surface area contributed by atoms with E-state index < -0.39 is 0 Å². The maximum Gasteiger partial charge on any atom is 0.141 e. The van der Waals surface area contributed by atoms with Gasteiger partial charge >= 0.3 is 0 Å². The zero-order valence-electron chi connectivity index (χ0n) is 9.47. The van der Waals surface area contributed by atoms with Gasteiger partial charge in [-0.15, -0.1) is 0 Å². The largest absolute Gasteiger partial charge is 0.484 e. The van der Waals surface area contributed by atoms with E-state index in [1.165, 1.54) is 5.56 Å². The molecule has 3 heteroatoms. The highest BCUT2D eigenvalue weighted by molar-refractivity contribution is 5.48. The number of aryl methyl sites for hydroxylation is 1. The monoisotopic (exact) mass is 226 g/mol. The summed E-state index contributed by atoms with van der Waals surface area (Å²) in [4.78, 5) is 4.34. The smallest absolute Gasteiger partial charge is 0.141 e. The lowest BCUT2D eigenvalue weighted by molar-refractivity contribution is 0.172. The number of anilines is 1. The topological polar surface area (TPSA) is 48.1 Å². The van der Waals surface area contributed by atoms with Gasteiger partial charge in [0.15, 0.2) is 0 Å². The van der Waals surface area contributed by atoms with E-state index in [2.05, 4.69) is 4.98 Å². The normalized spacial score (nSPS) is 18.2. The Hall–Kier alpha value is -2.03. The van der Waals surface area contributed by atoms with Crippen LogP contribution in [0.4, 0.5) is 5.69 Å². The summed E-state index contributed by atoms with van der Waals surface area (Å²) in [6, 6.07) is 11.7. The van der Waals surface area contributed by atoms with Crippen LogP contribution >= 0.6 is 0 Å². The van der Waals surface area contributed by atoms with Crippen molar-refractivity contribution in [2.75, 3.05) is 5.73 Å². The van der Waals surface area contributed by atoms with Crippen LogP contribution in [0.25, 0.3) is 0 Å². The van der Waals surface area contributed by atoms with Gasteiger partial charge < -0.3 is 10.5 Å². The van der Waals surface area contributed by atoms with Crippen LogP contribution in [0.1, 0.15) is 23.8 Å². The van der Waals surface area contributed by atoms with Crippen molar-refractivity contribution in [3.8, 4) is 5.75 Å². The van der Waals surface area contributed by atoms with E-state index in [0.29, 0.717) is 0 Å². The van der Waals surface area contributed by atoms with E-state index in [0.717, 1.165) is 30.0 Å². The molecule has 0 bridgehead atoms. The van der Waals surface area contributed by atoms with Crippen molar-refractivity contribution < 1.29 is 4.74 Å². The highest BCUT2D eigenvalue weighted by Gasteiger charge is 2.21. The summed E-state index contributed by atoms with van der Waals surface area (Å²) in [5, 5.41) is 0. The van der Waals surface area contributed by atoms with Gasteiger partial charge in [0, 0.05) is 11.9 Å². The molecule has 3 rings (SSSR count). The van der Waals surface area contributed by atoms with E-state index >= 15 is 0 Å². The molecule has 0 amide bonds. The van der Waals surface area contributed by atoms with Gasteiger partial charge in [0.2, 0.25) is 0 Å². The van der Waals surface area contributed by atoms with Gasteiger partial charge in [0.05, 0.1) is 5.69 Å². The fraction of sp³-hybridized carbons (Fsp3) is 0.214. The third-order valence-corrected chi connectivity index (χ3v) is 3.05. The SMILES string of the molecule is Nc1ccc2c(c1)CCC(c1ccccn1)O2. The maximum atomic E-state index is 5.95. The summed E-state index contributed by atoms with van der Waals surface area (Å²) >= 11 is 0. The van der Waals surface area contributed by atoms with Crippen molar-refractivity contribution in [3.05, 3.63) is 53.9 Å². The average molecular weight is 226 g/mol. The predicted molar refractivity (Wildman–Crippen MR) is 66.8 cm³/mol. The minimum Gasteiger partial charge on any atom is -0.484 e. The molecule has 2 heterocycles. The first-order chi connectivity index (χ1) is 8.33. The summed E-state index contributed by atoms with van der Waals surface area (Å²) in [6.07, 6.45) is 3.80. The van der Waals surface area contributed by atoms with E-state index in [-0.39, 0.29) is 6.10 Å². The highest BCUT2D eigenvalue weighted by Crippen LogP contribution is 2.34. The van der Waals surface area contributed by atoms with Crippen LogP contribution in [0, 0.1) is 0 Å². The summed E-state index contributed by atoms with van der Waals surface area (Å²) < 4.78 is 5.95. The maximum absolute atomic E-state index is 5.95. The average Bonchev–Trinajstić information content (AvgIpc) is 2.39. The second-order valence-corrected chi connectivity index (χ2v) is 4.27. The van der Waals surface area contributed by atoms with Crippen molar-refractivity contribution in [1.29, 1.82) is 0 Å². The van der Waals surface area contributed by atoms with E-state index in [9.17, 15) is 0 Å². The molecule has 86 valence electrons. The molecule has 0 spiro atoms. The lowest BCUT2D eigenvalue weighted by Gasteiger charge is -2.25. The van der Waals surface area contributed by atoms with Crippen LogP contribution in [0.5, 0.6) is 5.75 Å². The third kappa shape index (κ3) is 1.96. The van der Waals surface area contributed by atoms with Gasteiger partial charge in [-0.05, 0) is 48.7 Å². The van der Waals surface area contributed by atoms with Gasteiger partial charge in [-0.2, -0.15) is 0 Å². The van der Waals surface area contributed by atoms with Gasteiger partial charge in [-0.25, -0.2) is 0 Å². The first kappa shape index (κ1) is 10.1. The van der Waals surface area contributed by atoms with Crippen molar-refractivity contribution in [2.24, 2.45) is 0 Å². The highest BCUT2D eigenvalue weighted by atomic mass is 16.5. The summed E-state index contributed by atoms with van der Waals surface area (Å²) in [5.74, 6) is 0.932. The molecule has 0 radical (unpaired) electrons. The number of nitrogens with zero attached hydrogens (tertiary/aromatic N) is 1. The van der Waals surface area contributed by atoms with Crippen LogP contribution in [0.15, 0.2) is 42.6 Å². The molecule has 17 heavy (non-hydrogen) atoms. The van der Waals surface area contributed by atoms with Crippen LogP contribution in [-0.2, 0) is 6.42 Å². The van der Waals surface area contributed by atoms with Crippen LogP contribution < -0.4 is 10.5 Å². The van der Waals surface area contributed by atoms with Gasteiger partial charge in [0.25, 0.3) is 0 Å². The molecule has 0 saturated heterocycles. The Bertz CT molecular complexity index is 525. The molecule has 0 fully saturated rings. The summed E-state index contributed by atoms with van der Waals surface area (Å²) in [7, 11) is 0.